The minimum absolute atomic E-state index is 0.786. The molecule has 0 fully saturated rings. The maximum atomic E-state index is 5.30. The largest absolute Gasteiger partial charge is 0.497 e. The van der Waals surface area contributed by atoms with Gasteiger partial charge in [-0.25, -0.2) is 0 Å². The van der Waals surface area contributed by atoms with E-state index in [-0.39, 0.29) is 0 Å². The quantitative estimate of drug-likeness (QED) is 0.757. The van der Waals surface area contributed by atoms with Crippen molar-refractivity contribution in [2.24, 2.45) is 5.10 Å². The lowest BCUT2D eigenvalue weighted by molar-refractivity contribution is 0.394. The molecule has 0 saturated carbocycles. The lowest BCUT2D eigenvalue weighted by atomic mass is 10.2. The number of methoxy groups -OCH3 is 2. The number of hydrogen-bond donors (Lipinski definition) is 0. The highest BCUT2D eigenvalue weighted by Crippen LogP contribution is 2.33. The van der Waals surface area contributed by atoms with Gasteiger partial charge in [0.15, 0.2) is 0 Å². The number of benzene rings is 1. The second-order valence-corrected chi connectivity index (χ2v) is 3.25. The van der Waals surface area contributed by atoms with Crippen molar-refractivity contribution in [2.45, 2.75) is 6.42 Å². The molecule has 15 heavy (non-hydrogen) atoms. The van der Waals surface area contributed by atoms with Crippen molar-refractivity contribution >= 4 is 11.9 Å². The second kappa shape index (κ2) is 4.21. The van der Waals surface area contributed by atoms with Crippen LogP contribution in [0.3, 0.4) is 0 Å². The van der Waals surface area contributed by atoms with Crippen LogP contribution in [-0.2, 0) is 0 Å². The van der Waals surface area contributed by atoms with E-state index in [1.807, 2.05) is 29.4 Å². The van der Waals surface area contributed by atoms with Crippen molar-refractivity contribution in [1.29, 1.82) is 0 Å². The van der Waals surface area contributed by atoms with Crippen LogP contribution in [0.4, 0.5) is 5.69 Å². The van der Waals surface area contributed by atoms with Crippen molar-refractivity contribution in [2.75, 3.05) is 25.8 Å². The fourth-order valence-electron chi connectivity index (χ4n) is 1.57. The van der Waals surface area contributed by atoms with Crippen LogP contribution >= 0.6 is 0 Å². The van der Waals surface area contributed by atoms with Crippen LogP contribution in [0.1, 0.15) is 6.42 Å². The van der Waals surface area contributed by atoms with Gasteiger partial charge in [-0.15, -0.1) is 0 Å². The standard InChI is InChI=1S/C11H14N2O2/c1-14-9-4-5-10(11(8-9)15-2)13-7-3-6-12-13/h4-6,8H,3,7H2,1-2H3. The van der Waals surface area contributed by atoms with Gasteiger partial charge >= 0.3 is 0 Å². The minimum atomic E-state index is 0.786. The summed E-state index contributed by atoms with van der Waals surface area (Å²) in [6.45, 7) is 0.905. The van der Waals surface area contributed by atoms with Crippen molar-refractivity contribution in [3.8, 4) is 11.5 Å². The minimum Gasteiger partial charge on any atom is -0.497 e. The zero-order valence-corrected chi connectivity index (χ0v) is 8.93. The van der Waals surface area contributed by atoms with Gasteiger partial charge in [-0.1, -0.05) is 0 Å². The van der Waals surface area contributed by atoms with Gasteiger partial charge in [-0.3, -0.25) is 5.01 Å². The number of nitrogens with zero attached hydrogens (tertiary/aromatic N) is 2. The summed E-state index contributed by atoms with van der Waals surface area (Å²) < 4.78 is 10.4. The van der Waals surface area contributed by atoms with Crippen LogP contribution in [0.15, 0.2) is 23.3 Å². The van der Waals surface area contributed by atoms with E-state index in [0.29, 0.717) is 0 Å². The maximum absolute atomic E-state index is 5.30. The average molecular weight is 206 g/mol. The Morgan fingerprint density at radius 3 is 2.73 bits per heavy atom. The van der Waals surface area contributed by atoms with E-state index in [2.05, 4.69) is 5.10 Å². The highest BCUT2D eigenvalue weighted by atomic mass is 16.5. The van der Waals surface area contributed by atoms with E-state index >= 15 is 0 Å². The van der Waals surface area contributed by atoms with Crippen LogP contribution in [0, 0.1) is 0 Å². The molecular formula is C11H14N2O2. The van der Waals surface area contributed by atoms with Crippen LogP contribution < -0.4 is 14.5 Å². The molecule has 0 unspecified atom stereocenters. The molecule has 1 heterocycles. The number of rotatable bonds is 3. The Balaban J connectivity index is 2.33. The second-order valence-electron chi connectivity index (χ2n) is 3.25. The first-order valence-corrected chi connectivity index (χ1v) is 4.87. The van der Waals surface area contributed by atoms with E-state index in [4.69, 9.17) is 9.47 Å². The summed E-state index contributed by atoms with van der Waals surface area (Å²) in [4.78, 5) is 0. The molecular weight excluding hydrogens is 192 g/mol. The summed E-state index contributed by atoms with van der Waals surface area (Å²) in [5, 5.41) is 6.19. The number of hydrogen-bond acceptors (Lipinski definition) is 4. The van der Waals surface area contributed by atoms with Crippen molar-refractivity contribution in [1.82, 2.24) is 0 Å². The van der Waals surface area contributed by atoms with E-state index in [9.17, 15) is 0 Å². The van der Waals surface area contributed by atoms with Gasteiger partial charge in [-0.2, -0.15) is 5.10 Å². The third-order valence-corrected chi connectivity index (χ3v) is 2.36. The Morgan fingerprint density at radius 1 is 1.27 bits per heavy atom. The Kier molecular flexibility index (Phi) is 2.76. The van der Waals surface area contributed by atoms with Gasteiger partial charge in [0.1, 0.15) is 17.2 Å². The molecule has 0 aliphatic carbocycles. The zero-order valence-electron chi connectivity index (χ0n) is 8.93. The third kappa shape index (κ3) is 1.88. The lowest BCUT2D eigenvalue weighted by Gasteiger charge is -2.17. The zero-order chi connectivity index (χ0) is 10.7. The first-order chi connectivity index (χ1) is 7.35. The molecule has 0 atom stereocenters. The normalized spacial score (nSPS) is 14.4. The molecule has 0 amide bonds. The van der Waals surface area contributed by atoms with Crippen molar-refractivity contribution in [3.63, 3.8) is 0 Å². The summed E-state index contributed by atoms with van der Waals surface area (Å²) in [6, 6.07) is 5.73. The third-order valence-electron chi connectivity index (χ3n) is 2.36. The molecule has 4 heteroatoms. The summed E-state index contributed by atoms with van der Waals surface area (Å²) in [5.74, 6) is 1.58. The molecule has 1 aliphatic heterocycles. The molecule has 2 rings (SSSR count). The van der Waals surface area contributed by atoms with E-state index in [1.54, 1.807) is 14.2 Å². The molecule has 4 nitrogen and oxygen atoms in total. The highest BCUT2D eigenvalue weighted by molar-refractivity contribution is 5.69. The predicted octanol–water partition coefficient (Wildman–Crippen LogP) is 1.90. The molecule has 1 aromatic carbocycles. The summed E-state index contributed by atoms with van der Waals surface area (Å²) in [6.07, 6.45) is 2.89. The van der Waals surface area contributed by atoms with Gasteiger partial charge < -0.3 is 9.47 Å². The SMILES string of the molecule is COc1ccc(N2CCC=N2)c(OC)c1. The van der Waals surface area contributed by atoms with Gasteiger partial charge in [0.25, 0.3) is 0 Å². The Labute approximate surface area is 89.1 Å². The molecule has 0 bridgehead atoms. The van der Waals surface area contributed by atoms with E-state index < -0.39 is 0 Å². The molecule has 0 aromatic heterocycles. The fourth-order valence-corrected chi connectivity index (χ4v) is 1.57. The average Bonchev–Trinajstić information content (AvgIpc) is 2.81. The molecule has 1 aromatic rings. The van der Waals surface area contributed by atoms with Crippen LogP contribution in [-0.4, -0.2) is 27.0 Å². The number of ether oxygens (including phenoxy) is 2. The Morgan fingerprint density at radius 2 is 2.13 bits per heavy atom. The topological polar surface area (TPSA) is 34.1 Å². The van der Waals surface area contributed by atoms with Gasteiger partial charge in [0, 0.05) is 25.2 Å². The first-order valence-electron chi connectivity index (χ1n) is 4.87. The molecule has 80 valence electrons. The smallest absolute Gasteiger partial charge is 0.147 e. The molecule has 0 radical (unpaired) electrons. The lowest BCUT2D eigenvalue weighted by Crippen LogP contribution is -2.12. The van der Waals surface area contributed by atoms with E-state index in [0.717, 1.165) is 30.2 Å². The number of hydrazone groups is 1. The Bertz CT molecular complexity index is 377. The van der Waals surface area contributed by atoms with Gasteiger partial charge in [0.2, 0.25) is 0 Å². The molecule has 0 N–H and O–H groups in total. The van der Waals surface area contributed by atoms with Crippen LogP contribution in [0.25, 0.3) is 0 Å². The summed E-state index contributed by atoms with van der Waals surface area (Å²) in [7, 11) is 3.29. The first kappa shape index (κ1) is 9.83. The number of anilines is 1. The maximum Gasteiger partial charge on any atom is 0.147 e. The fraction of sp³-hybridized carbons (Fsp3) is 0.364. The Hall–Kier alpha value is -1.71. The van der Waals surface area contributed by atoms with Gasteiger partial charge in [0.05, 0.1) is 14.2 Å². The van der Waals surface area contributed by atoms with Crippen LogP contribution in [0.2, 0.25) is 0 Å². The van der Waals surface area contributed by atoms with E-state index in [1.165, 1.54) is 0 Å². The van der Waals surface area contributed by atoms with Crippen LogP contribution in [0.5, 0.6) is 11.5 Å². The monoisotopic (exact) mass is 206 g/mol. The van der Waals surface area contributed by atoms with Gasteiger partial charge in [-0.05, 0) is 12.1 Å². The molecule has 0 saturated heterocycles. The summed E-state index contributed by atoms with van der Waals surface area (Å²) in [5.41, 5.74) is 0.979. The predicted molar refractivity (Wildman–Crippen MR) is 60.0 cm³/mol. The molecule has 0 spiro atoms. The highest BCUT2D eigenvalue weighted by Gasteiger charge is 2.14. The van der Waals surface area contributed by atoms with Crippen molar-refractivity contribution < 1.29 is 9.47 Å². The van der Waals surface area contributed by atoms with Crippen molar-refractivity contribution in [3.05, 3.63) is 18.2 Å². The summed E-state index contributed by atoms with van der Waals surface area (Å²) >= 11 is 0. The molecule has 1 aliphatic rings.